The second kappa shape index (κ2) is 19.1. The van der Waals surface area contributed by atoms with E-state index < -0.39 is 17.2 Å². The second-order valence-corrected chi connectivity index (χ2v) is 18.8. The number of ether oxygens (including phenoxy) is 1. The van der Waals surface area contributed by atoms with Crippen LogP contribution in [0.25, 0.3) is 0 Å². The fourth-order valence-electron chi connectivity index (χ4n) is 8.60. The fourth-order valence-corrected chi connectivity index (χ4v) is 10.9. The summed E-state index contributed by atoms with van der Waals surface area (Å²) in [5.74, 6) is 2.44. The van der Waals surface area contributed by atoms with Crippen LogP contribution in [0.1, 0.15) is 110 Å². The van der Waals surface area contributed by atoms with Crippen molar-refractivity contribution in [3.8, 4) is 5.75 Å². The Morgan fingerprint density at radius 1 is 0.949 bits per heavy atom. The number of rotatable bonds is 20. The minimum Gasteiger partial charge on any atom is -0.611 e. The highest BCUT2D eigenvalue weighted by Gasteiger charge is 2.42. The van der Waals surface area contributed by atoms with Crippen LogP contribution in [0.3, 0.4) is 0 Å². The Balaban J connectivity index is 0.661. The van der Waals surface area contributed by atoms with Crippen LogP contribution in [-0.4, -0.2) is 115 Å². The molecule has 3 aromatic heterocycles. The number of nitrogens with zero attached hydrogens (tertiary/aromatic N) is 7. The van der Waals surface area contributed by atoms with Gasteiger partial charge in [-0.15, -0.1) is 11.3 Å². The van der Waals surface area contributed by atoms with Crippen molar-refractivity contribution in [2.45, 2.75) is 119 Å². The maximum atomic E-state index is 12.9. The molecule has 1 unspecified atom stereocenters. The first-order valence-corrected chi connectivity index (χ1v) is 23.6. The molecule has 0 aromatic carbocycles. The SMILES string of the molecule is O=C1CCC(N2Cc3c(csc3CNCCCCCCCCCCOc3cnc(N4CCN(c5nc6c(c(NC7(CO)CCC7)n5)[S@+]([O-])CC6)CC4)nc3)C2=O)C(=O)N1. The van der Waals surface area contributed by atoms with E-state index in [0.29, 0.717) is 78.8 Å². The molecule has 4 aliphatic heterocycles. The standard InChI is InChI=1S/C41H56N10O6S2/c52-27-41(13-9-14-41)48-36-35-31(12-21-59(35)56)45-40(47-36)50-18-16-49(17-19-50)39-43-22-28(23-44-39)57-20-8-6-4-2-1-3-5-7-15-42-24-33-29-25-51(38(55)30(29)26-58-33)32-10-11-34(53)46-37(32)54/h22-23,26,32,42,52H,1-21,24-25,27H2,(H,45,47,48)(H,46,53,54)/t32?,59-/m1/s1. The van der Waals surface area contributed by atoms with Gasteiger partial charge >= 0.3 is 0 Å². The third-order valence-corrected chi connectivity index (χ3v) is 14.8. The molecule has 1 saturated carbocycles. The first-order valence-electron chi connectivity index (χ1n) is 21.4. The van der Waals surface area contributed by atoms with Crippen molar-refractivity contribution in [1.82, 2.24) is 35.5 Å². The lowest BCUT2D eigenvalue weighted by Gasteiger charge is -2.41. The van der Waals surface area contributed by atoms with Crippen molar-refractivity contribution in [1.29, 1.82) is 0 Å². The number of unbranched alkanes of at least 4 members (excludes halogenated alkanes) is 7. The number of thiophene rings is 1. The van der Waals surface area contributed by atoms with E-state index in [-0.39, 0.29) is 36.3 Å². The highest BCUT2D eigenvalue weighted by atomic mass is 32.2. The fraction of sp³-hybridized carbons (Fsp3) is 0.634. The number of piperazine rings is 1. The van der Waals surface area contributed by atoms with Crippen LogP contribution in [-0.2, 0) is 40.3 Å². The van der Waals surface area contributed by atoms with Crippen LogP contribution in [0.5, 0.6) is 5.75 Å². The first kappa shape index (κ1) is 41.6. The molecular weight excluding hydrogens is 793 g/mol. The third-order valence-electron chi connectivity index (χ3n) is 12.3. The van der Waals surface area contributed by atoms with Gasteiger partial charge in [0, 0.05) is 62.4 Å². The highest BCUT2D eigenvalue weighted by molar-refractivity contribution is 7.91. The van der Waals surface area contributed by atoms with Crippen LogP contribution in [0.4, 0.5) is 17.7 Å². The molecule has 3 fully saturated rings. The molecule has 2 atom stereocenters. The molecule has 8 rings (SSSR count). The molecular formula is C41H56N10O6S2. The molecule has 1 aliphatic carbocycles. The number of nitrogens with one attached hydrogen (secondary N) is 3. The summed E-state index contributed by atoms with van der Waals surface area (Å²) < 4.78 is 18.7. The van der Waals surface area contributed by atoms with Crippen molar-refractivity contribution in [2.75, 3.05) is 66.8 Å². The second-order valence-electron chi connectivity index (χ2n) is 16.4. The number of amides is 3. The summed E-state index contributed by atoms with van der Waals surface area (Å²) >= 11 is 0.476. The van der Waals surface area contributed by atoms with Crippen LogP contribution in [0, 0.1) is 0 Å². The monoisotopic (exact) mass is 848 g/mol. The maximum Gasteiger partial charge on any atom is 0.256 e. The van der Waals surface area contributed by atoms with Crippen LogP contribution >= 0.6 is 11.3 Å². The summed E-state index contributed by atoms with van der Waals surface area (Å²) in [6, 6.07) is -0.570. The van der Waals surface area contributed by atoms with E-state index >= 15 is 0 Å². The predicted molar refractivity (Wildman–Crippen MR) is 225 cm³/mol. The number of hydrogen-bond acceptors (Lipinski definition) is 15. The van der Waals surface area contributed by atoms with Gasteiger partial charge in [-0.2, -0.15) is 4.98 Å². The summed E-state index contributed by atoms with van der Waals surface area (Å²) in [4.78, 5) is 63.5. The average Bonchev–Trinajstić information content (AvgIpc) is 3.92. The Labute approximate surface area is 352 Å². The van der Waals surface area contributed by atoms with Gasteiger partial charge in [-0.1, -0.05) is 38.5 Å². The molecule has 0 bridgehead atoms. The van der Waals surface area contributed by atoms with E-state index in [1.54, 1.807) is 28.6 Å². The Hall–Kier alpha value is -4.10. The summed E-state index contributed by atoms with van der Waals surface area (Å²) in [7, 11) is 0. The Morgan fingerprint density at radius 3 is 2.36 bits per heavy atom. The van der Waals surface area contributed by atoms with Crippen molar-refractivity contribution in [2.24, 2.45) is 0 Å². The van der Waals surface area contributed by atoms with E-state index in [1.807, 2.05) is 5.38 Å². The number of aromatic nitrogens is 4. The van der Waals surface area contributed by atoms with Gasteiger partial charge in [0.15, 0.2) is 11.6 Å². The zero-order chi connectivity index (χ0) is 40.8. The van der Waals surface area contributed by atoms with E-state index in [1.165, 1.54) is 32.1 Å². The Morgan fingerprint density at radius 2 is 1.66 bits per heavy atom. The number of hydrogen-bond donors (Lipinski definition) is 4. The first-order chi connectivity index (χ1) is 28.8. The van der Waals surface area contributed by atoms with Crippen molar-refractivity contribution < 1.29 is 28.8 Å². The average molecular weight is 849 g/mol. The van der Waals surface area contributed by atoms with E-state index in [4.69, 9.17) is 14.7 Å². The third kappa shape index (κ3) is 9.61. The number of aliphatic hydroxyl groups is 1. The molecule has 3 amide bonds. The molecule has 3 aromatic rings. The molecule has 16 nitrogen and oxygen atoms in total. The zero-order valence-electron chi connectivity index (χ0n) is 33.7. The number of aryl methyl sites for hydroxylation is 1. The van der Waals surface area contributed by atoms with Gasteiger partial charge in [0.1, 0.15) is 17.5 Å². The largest absolute Gasteiger partial charge is 0.611 e. The number of carbonyl (C=O) groups is 3. The molecule has 318 valence electrons. The summed E-state index contributed by atoms with van der Waals surface area (Å²) in [5, 5.41) is 21.3. The van der Waals surface area contributed by atoms with Crippen LogP contribution in [0.15, 0.2) is 22.7 Å². The van der Waals surface area contributed by atoms with E-state index in [9.17, 15) is 24.0 Å². The van der Waals surface area contributed by atoms with Crippen molar-refractivity contribution in [3.05, 3.63) is 39.5 Å². The summed E-state index contributed by atoms with van der Waals surface area (Å²) in [5.41, 5.74) is 2.19. The van der Waals surface area contributed by atoms with Crippen molar-refractivity contribution in [3.63, 3.8) is 0 Å². The number of anilines is 3. The van der Waals surface area contributed by atoms with Gasteiger partial charge in [-0.25, -0.2) is 15.0 Å². The molecule has 59 heavy (non-hydrogen) atoms. The number of aliphatic hydroxyl groups excluding tert-OH is 1. The number of piperidine rings is 1. The number of carbonyl (C=O) groups excluding carboxylic acids is 3. The normalized spacial score (nSPS) is 21.1. The topological polar surface area (TPSA) is 201 Å². The van der Waals surface area contributed by atoms with Gasteiger partial charge in [0.25, 0.3) is 5.91 Å². The van der Waals surface area contributed by atoms with Gasteiger partial charge in [0.2, 0.25) is 28.6 Å². The zero-order valence-corrected chi connectivity index (χ0v) is 35.3. The number of imide groups is 1. The van der Waals surface area contributed by atoms with Crippen LogP contribution in [0.2, 0.25) is 0 Å². The predicted octanol–water partition coefficient (Wildman–Crippen LogP) is 3.70. The van der Waals surface area contributed by atoms with Crippen LogP contribution < -0.4 is 30.5 Å². The summed E-state index contributed by atoms with van der Waals surface area (Å²) in [6.07, 6.45) is 16.9. The van der Waals surface area contributed by atoms with Crippen molar-refractivity contribution >= 4 is 57.9 Å². The van der Waals surface area contributed by atoms with E-state index in [0.717, 1.165) is 80.8 Å². The minimum absolute atomic E-state index is 0.0327. The Bertz CT molecular complexity index is 1950. The quantitative estimate of drug-likeness (QED) is 0.0729. The Kier molecular flexibility index (Phi) is 13.5. The molecule has 5 aliphatic rings. The molecule has 7 heterocycles. The highest BCUT2D eigenvalue weighted by Crippen LogP contribution is 2.39. The van der Waals surface area contributed by atoms with E-state index in [2.05, 4.69) is 35.7 Å². The number of fused-ring (bicyclic) bond motifs is 2. The lowest BCUT2D eigenvalue weighted by atomic mass is 9.77. The smallest absolute Gasteiger partial charge is 0.256 e. The minimum atomic E-state index is -1.12. The lowest BCUT2D eigenvalue weighted by molar-refractivity contribution is -0.136. The lowest BCUT2D eigenvalue weighted by Crippen LogP contribution is -2.52. The van der Waals surface area contributed by atoms with Gasteiger partial charge < -0.3 is 39.7 Å². The molecule has 2 saturated heterocycles. The molecule has 4 N–H and O–H groups in total. The van der Waals surface area contributed by atoms with Gasteiger partial charge in [-0.3, -0.25) is 19.7 Å². The van der Waals surface area contributed by atoms with Gasteiger partial charge in [0.05, 0.1) is 36.7 Å². The molecule has 0 radical (unpaired) electrons. The maximum absolute atomic E-state index is 12.9. The summed E-state index contributed by atoms with van der Waals surface area (Å²) in [6.45, 7) is 5.64. The van der Waals surface area contributed by atoms with Gasteiger partial charge in [-0.05, 0) is 61.8 Å². The molecule has 18 heteroatoms. The molecule has 0 spiro atoms.